The van der Waals surface area contributed by atoms with Crippen molar-refractivity contribution in [3.8, 4) is 16.9 Å². The fraction of sp³-hybridized carbons (Fsp3) is 0.148. The van der Waals surface area contributed by atoms with E-state index in [2.05, 4.69) is 5.32 Å². The number of carbonyl (C=O) groups excluding carboxylic acids is 1. The maximum absolute atomic E-state index is 13.5. The Morgan fingerprint density at radius 1 is 0.914 bits per heavy atom. The Balaban J connectivity index is 1.58. The number of ether oxygens (including phenoxy) is 1. The van der Waals surface area contributed by atoms with Crippen molar-refractivity contribution in [2.45, 2.75) is 18.4 Å². The van der Waals surface area contributed by atoms with Crippen molar-refractivity contribution in [3.05, 3.63) is 103 Å². The number of hydrogen-bond donors (Lipinski definition) is 1. The quantitative estimate of drug-likeness (QED) is 0.331. The van der Waals surface area contributed by atoms with E-state index in [-0.39, 0.29) is 18.0 Å². The van der Waals surface area contributed by atoms with E-state index in [1.54, 1.807) is 30.3 Å². The zero-order valence-electron chi connectivity index (χ0n) is 19.3. The van der Waals surface area contributed by atoms with Gasteiger partial charge in [-0.15, -0.1) is 0 Å². The maximum Gasteiger partial charge on any atom is 0.243 e. The summed E-state index contributed by atoms with van der Waals surface area (Å²) < 4.78 is 38.8. The van der Waals surface area contributed by atoms with Gasteiger partial charge in [0.15, 0.2) is 0 Å². The lowest BCUT2D eigenvalue weighted by Gasteiger charge is -2.21. The zero-order valence-corrected chi connectivity index (χ0v) is 20.1. The van der Waals surface area contributed by atoms with Crippen molar-refractivity contribution in [1.82, 2.24) is 4.31 Å². The van der Waals surface area contributed by atoms with Gasteiger partial charge in [0.05, 0.1) is 30.9 Å². The molecular formula is C27H26N2O5S. The van der Waals surface area contributed by atoms with Gasteiger partial charge in [-0.2, -0.15) is 4.31 Å². The summed E-state index contributed by atoms with van der Waals surface area (Å²) in [5.41, 5.74) is 2.38. The van der Waals surface area contributed by atoms with Crippen LogP contribution in [0.1, 0.15) is 12.7 Å². The molecule has 7 nitrogen and oxygen atoms in total. The van der Waals surface area contributed by atoms with E-state index in [4.69, 9.17) is 9.15 Å². The van der Waals surface area contributed by atoms with Gasteiger partial charge in [0.2, 0.25) is 15.9 Å². The second kappa shape index (κ2) is 11.0. The molecule has 180 valence electrons. The van der Waals surface area contributed by atoms with Crippen molar-refractivity contribution >= 4 is 21.6 Å². The van der Waals surface area contributed by atoms with Gasteiger partial charge in [-0.1, -0.05) is 48.5 Å². The van der Waals surface area contributed by atoms with Crippen molar-refractivity contribution < 1.29 is 22.4 Å². The van der Waals surface area contributed by atoms with Crippen molar-refractivity contribution in [3.63, 3.8) is 0 Å². The molecule has 0 aliphatic rings. The molecule has 0 saturated heterocycles. The van der Waals surface area contributed by atoms with Gasteiger partial charge in [-0.25, -0.2) is 8.42 Å². The Morgan fingerprint density at radius 3 is 2.31 bits per heavy atom. The normalized spacial score (nSPS) is 11.4. The first kappa shape index (κ1) is 24.3. The van der Waals surface area contributed by atoms with Crippen molar-refractivity contribution in [1.29, 1.82) is 0 Å². The van der Waals surface area contributed by atoms with Crippen LogP contribution in [-0.4, -0.2) is 31.8 Å². The van der Waals surface area contributed by atoms with Crippen LogP contribution < -0.4 is 10.1 Å². The molecular weight excluding hydrogens is 464 g/mol. The van der Waals surface area contributed by atoms with Crippen LogP contribution in [-0.2, 0) is 21.4 Å². The lowest BCUT2D eigenvalue weighted by Crippen LogP contribution is -2.37. The Kier molecular flexibility index (Phi) is 7.64. The minimum Gasteiger partial charge on any atom is -0.494 e. The van der Waals surface area contributed by atoms with Crippen molar-refractivity contribution in [2.24, 2.45) is 0 Å². The van der Waals surface area contributed by atoms with Crippen LogP contribution in [0.15, 0.2) is 107 Å². The molecule has 1 amide bonds. The van der Waals surface area contributed by atoms with Gasteiger partial charge in [0, 0.05) is 11.3 Å². The highest BCUT2D eigenvalue weighted by Gasteiger charge is 2.28. The number of sulfonamides is 1. The Bertz CT molecular complexity index is 1350. The van der Waals surface area contributed by atoms with E-state index in [1.807, 2.05) is 55.5 Å². The minimum atomic E-state index is -4.00. The fourth-order valence-corrected chi connectivity index (χ4v) is 5.00. The summed E-state index contributed by atoms with van der Waals surface area (Å²) in [6.07, 6.45) is 1.47. The summed E-state index contributed by atoms with van der Waals surface area (Å²) >= 11 is 0. The standard InChI is InChI=1S/C27H26N2O5S/c1-2-33-22-14-16-24(17-15-22)35(31,32)29(19-23-11-8-18-34-23)20-27(30)28-26-13-7-6-12-25(26)21-9-4-3-5-10-21/h3-18H,2,19-20H2,1H3,(H,28,30). The maximum atomic E-state index is 13.5. The third kappa shape index (κ3) is 5.98. The SMILES string of the molecule is CCOc1ccc(S(=O)(=O)N(CC(=O)Nc2ccccc2-c2ccccc2)Cc2ccco2)cc1. The molecule has 0 spiro atoms. The molecule has 4 rings (SSSR count). The first-order chi connectivity index (χ1) is 17.0. The number of carbonyl (C=O) groups is 1. The second-order valence-electron chi connectivity index (χ2n) is 7.72. The summed E-state index contributed by atoms with van der Waals surface area (Å²) in [6.45, 7) is 1.85. The molecule has 35 heavy (non-hydrogen) atoms. The summed E-state index contributed by atoms with van der Waals surface area (Å²) in [7, 11) is -4.00. The van der Waals surface area contributed by atoms with E-state index in [0.717, 1.165) is 15.4 Å². The molecule has 0 saturated carbocycles. The Labute approximate surface area is 205 Å². The average Bonchev–Trinajstić information content (AvgIpc) is 3.38. The molecule has 1 N–H and O–H groups in total. The van der Waals surface area contributed by atoms with Gasteiger partial charge in [0.25, 0.3) is 0 Å². The smallest absolute Gasteiger partial charge is 0.243 e. The van der Waals surface area contributed by atoms with Gasteiger partial charge in [-0.05, 0) is 55.0 Å². The lowest BCUT2D eigenvalue weighted by molar-refractivity contribution is -0.116. The molecule has 0 fully saturated rings. The van der Waals surface area contributed by atoms with Gasteiger partial charge in [0.1, 0.15) is 11.5 Å². The van der Waals surface area contributed by atoms with Crippen LogP contribution in [0.3, 0.4) is 0 Å². The molecule has 0 radical (unpaired) electrons. The molecule has 0 aliphatic heterocycles. The average molecular weight is 491 g/mol. The van der Waals surface area contributed by atoms with Crippen LogP contribution >= 0.6 is 0 Å². The summed E-state index contributed by atoms with van der Waals surface area (Å²) in [6, 6.07) is 26.5. The minimum absolute atomic E-state index is 0.0602. The van der Waals surface area contributed by atoms with E-state index in [0.29, 0.717) is 23.8 Å². The monoisotopic (exact) mass is 490 g/mol. The predicted octanol–water partition coefficient (Wildman–Crippen LogP) is 5.17. The van der Waals surface area contributed by atoms with E-state index >= 15 is 0 Å². The molecule has 0 aliphatic carbocycles. The molecule has 4 aromatic rings. The molecule has 8 heteroatoms. The predicted molar refractivity (Wildman–Crippen MR) is 134 cm³/mol. The van der Waals surface area contributed by atoms with Crippen LogP contribution in [0.4, 0.5) is 5.69 Å². The van der Waals surface area contributed by atoms with Gasteiger partial charge < -0.3 is 14.5 Å². The zero-order chi connectivity index (χ0) is 24.7. The number of nitrogens with zero attached hydrogens (tertiary/aromatic N) is 1. The highest BCUT2D eigenvalue weighted by molar-refractivity contribution is 7.89. The third-order valence-electron chi connectivity index (χ3n) is 5.29. The lowest BCUT2D eigenvalue weighted by atomic mass is 10.0. The number of benzene rings is 3. The number of anilines is 1. The second-order valence-corrected chi connectivity index (χ2v) is 9.65. The highest BCUT2D eigenvalue weighted by atomic mass is 32.2. The summed E-state index contributed by atoms with van der Waals surface area (Å²) in [5, 5.41) is 2.87. The van der Waals surface area contributed by atoms with Gasteiger partial charge >= 0.3 is 0 Å². The number of amides is 1. The number of nitrogens with one attached hydrogen (secondary N) is 1. The Morgan fingerprint density at radius 2 is 1.63 bits per heavy atom. The first-order valence-corrected chi connectivity index (χ1v) is 12.6. The summed E-state index contributed by atoms with van der Waals surface area (Å²) in [5.74, 6) is 0.533. The molecule has 1 aromatic heterocycles. The fourth-order valence-electron chi connectivity index (χ4n) is 3.64. The van der Waals surface area contributed by atoms with Crippen LogP contribution in [0, 0.1) is 0 Å². The highest BCUT2D eigenvalue weighted by Crippen LogP contribution is 2.28. The van der Waals surface area contributed by atoms with E-state index < -0.39 is 15.9 Å². The largest absolute Gasteiger partial charge is 0.494 e. The van der Waals surface area contributed by atoms with Crippen molar-refractivity contribution in [2.75, 3.05) is 18.5 Å². The van der Waals surface area contributed by atoms with Crippen LogP contribution in [0.2, 0.25) is 0 Å². The summed E-state index contributed by atoms with van der Waals surface area (Å²) in [4.78, 5) is 13.1. The Hall–Kier alpha value is -3.88. The number of para-hydroxylation sites is 1. The van der Waals surface area contributed by atoms with Crippen LogP contribution in [0.25, 0.3) is 11.1 Å². The molecule has 3 aromatic carbocycles. The number of rotatable bonds is 10. The number of hydrogen-bond acceptors (Lipinski definition) is 5. The topological polar surface area (TPSA) is 88.9 Å². The molecule has 0 bridgehead atoms. The van der Waals surface area contributed by atoms with Gasteiger partial charge in [-0.3, -0.25) is 4.79 Å². The third-order valence-corrected chi connectivity index (χ3v) is 7.10. The van der Waals surface area contributed by atoms with E-state index in [9.17, 15) is 13.2 Å². The first-order valence-electron chi connectivity index (χ1n) is 11.2. The van der Waals surface area contributed by atoms with Crippen LogP contribution in [0.5, 0.6) is 5.75 Å². The van der Waals surface area contributed by atoms with E-state index in [1.165, 1.54) is 18.4 Å². The molecule has 1 heterocycles. The number of furan rings is 1. The molecule has 0 atom stereocenters. The molecule has 0 unspecified atom stereocenters.